The van der Waals surface area contributed by atoms with Crippen LogP contribution in [0.3, 0.4) is 0 Å². The maximum atomic E-state index is 5.67. The Morgan fingerprint density at radius 1 is 1.00 bits per heavy atom. The summed E-state index contributed by atoms with van der Waals surface area (Å²) in [4.78, 5) is 0. The van der Waals surface area contributed by atoms with Crippen molar-refractivity contribution < 1.29 is 0 Å². The van der Waals surface area contributed by atoms with Gasteiger partial charge in [-0.15, -0.1) is 0 Å². The quantitative estimate of drug-likeness (QED) is 0.460. The van der Waals surface area contributed by atoms with Crippen LogP contribution >= 0.6 is 0 Å². The number of nitrogens with two attached hydrogens (primary N) is 1. The number of rotatable bonds is 6. The molecule has 0 aliphatic heterocycles. The van der Waals surface area contributed by atoms with Gasteiger partial charge in [0.1, 0.15) is 0 Å². The van der Waals surface area contributed by atoms with E-state index in [0.29, 0.717) is 0 Å². The van der Waals surface area contributed by atoms with E-state index in [2.05, 4.69) is 60.9 Å². The summed E-state index contributed by atoms with van der Waals surface area (Å²) >= 11 is 0. The van der Waals surface area contributed by atoms with Crippen LogP contribution in [0.4, 0.5) is 0 Å². The summed E-state index contributed by atoms with van der Waals surface area (Å²) in [7, 11) is 0. The average molecular weight is 304 g/mol. The molecule has 0 aromatic heterocycles. The highest BCUT2D eigenvalue weighted by molar-refractivity contribution is 5.74. The van der Waals surface area contributed by atoms with Gasteiger partial charge in [0.05, 0.1) is 5.70 Å². The lowest BCUT2D eigenvalue weighted by atomic mass is 10.0. The van der Waals surface area contributed by atoms with Crippen LogP contribution in [0, 0.1) is 0 Å². The predicted molar refractivity (Wildman–Crippen MR) is 100 cm³/mol. The van der Waals surface area contributed by atoms with E-state index >= 15 is 0 Å². The van der Waals surface area contributed by atoms with Gasteiger partial charge in [0.15, 0.2) is 0 Å². The van der Waals surface area contributed by atoms with E-state index in [4.69, 9.17) is 5.84 Å². The Bertz CT molecular complexity index is 710. The van der Waals surface area contributed by atoms with Crippen LogP contribution in [0.5, 0.6) is 0 Å². The SMILES string of the molecule is C/C=C\C(=C/C)c1cccc(C/C=C(\NN)c2ccccc2)c1. The molecule has 118 valence electrons. The van der Waals surface area contributed by atoms with Gasteiger partial charge >= 0.3 is 0 Å². The molecule has 2 rings (SSSR count). The molecule has 2 aromatic rings. The first-order valence-electron chi connectivity index (χ1n) is 7.89. The Balaban J connectivity index is 2.22. The summed E-state index contributed by atoms with van der Waals surface area (Å²) < 4.78 is 0. The number of allylic oxidation sites excluding steroid dienone is 5. The summed E-state index contributed by atoms with van der Waals surface area (Å²) in [5.41, 5.74) is 8.56. The van der Waals surface area contributed by atoms with Crippen molar-refractivity contribution in [1.82, 2.24) is 5.43 Å². The first-order valence-corrected chi connectivity index (χ1v) is 7.89. The van der Waals surface area contributed by atoms with E-state index in [1.807, 2.05) is 37.3 Å². The van der Waals surface area contributed by atoms with Crippen molar-refractivity contribution in [3.05, 3.63) is 95.6 Å². The van der Waals surface area contributed by atoms with Crippen LogP contribution in [0.15, 0.2) is 78.9 Å². The highest BCUT2D eigenvalue weighted by atomic mass is 15.2. The van der Waals surface area contributed by atoms with E-state index in [1.54, 1.807) is 0 Å². The van der Waals surface area contributed by atoms with Gasteiger partial charge in [0.2, 0.25) is 0 Å². The molecule has 3 N–H and O–H groups in total. The minimum Gasteiger partial charge on any atom is -0.324 e. The van der Waals surface area contributed by atoms with E-state index < -0.39 is 0 Å². The lowest BCUT2D eigenvalue weighted by molar-refractivity contribution is 0.983. The van der Waals surface area contributed by atoms with Gasteiger partial charge in [-0.3, -0.25) is 5.84 Å². The minimum absolute atomic E-state index is 0.828. The van der Waals surface area contributed by atoms with E-state index in [1.165, 1.54) is 16.7 Å². The predicted octanol–water partition coefficient (Wildman–Crippen LogP) is 4.71. The average Bonchev–Trinajstić information content (AvgIpc) is 2.61. The molecule has 2 aromatic carbocycles. The molecule has 0 unspecified atom stereocenters. The second-order valence-corrected chi connectivity index (χ2v) is 5.28. The Morgan fingerprint density at radius 2 is 1.74 bits per heavy atom. The summed E-state index contributed by atoms with van der Waals surface area (Å²) in [5.74, 6) is 5.67. The molecule has 23 heavy (non-hydrogen) atoms. The standard InChI is InChI=1S/C21H24N2/c1-3-9-18(4-2)20-13-8-10-17(16-20)14-15-21(23-22)19-11-6-5-7-12-19/h3-13,15-16,23H,14,22H2,1-2H3/b9-3-,18-4+,21-15-. The van der Waals surface area contributed by atoms with E-state index in [0.717, 1.165) is 17.7 Å². The Kier molecular flexibility index (Phi) is 6.40. The maximum Gasteiger partial charge on any atom is 0.0520 e. The maximum absolute atomic E-state index is 5.67. The summed E-state index contributed by atoms with van der Waals surface area (Å²) in [6.07, 6.45) is 9.28. The fourth-order valence-corrected chi connectivity index (χ4v) is 2.51. The topological polar surface area (TPSA) is 38.0 Å². The highest BCUT2D eigenvalue weighted by Crippen LogP contribution is 2.19. The third-order valence-electron chi connectivity index (χ3n) is 3.70. The first-order chi connectivity index (χ1) is 11.3. The molecule has 0 radical (unpaired) electrons. The number of nitrogens with one attached hydrogen (secondary N) is 1. The molecule has 0 saturated carbocycles. The fraction of sp³-hybridized carbons (Fsp3) is 0.143. The van der Waals surface area contributed by atoms with E-state index in [9.17, 15) is 0 Å². The molecule has 0 amide bonds. The highest BCUT2D eigenvalue weighted by Gasteiger charge is 2.01. The van der Waals surface area contributed by atoms with Crippen molar-refractivity contribution >= 4 is 11.3 Å². The molecule has 0 aliphatic rings. The molecule has 0 saturated heterocycles. The largest absolute Gasteiger partial charge is 0.324 e. The van der Waals surface area contributed by atoms with Crippen molar-refractivity contribution in [2.24, 2.45) is 5.84 Å². The van der Waals surface area contributed by atoms with Crippen molar-refractivity contribution in [3.8, 4) is 0 Å². The van der Waals surface area contributed by atoms with Crippen molar-refractivity contribution in [3.63, 3.8) is 0 Å². The third-order valence-corrected chi connectivity index (χ3v) is 3.70. The van der Waals surface area contributed by atoms with Crippen LogP contribution < -0.4 is 11.3 Å². The summed E-state index contributed by atoms with van der Waals surface area (Å²) in [6, 6.07) is 18.7. The van der Waals surface area contributed by atoms with Gasteiger partial charge in [0.25, 0.3) is 0 Å². The second-order valence-electron chi connectivity index (χ2n) is 5.28. The van der Waals surface area contributed by atoms with Crippen LogP contribution in [0.2, 0.25) is 0 Å². The fourth-order valence-electron chi connectivity index (χ4n) is 2.51. The molecule has 0 spiro atoms. The Morgan fingerprint density at radius 3 is 2.39 bits per heavy atom. The number of hydrazine groups is 1. The third kappa shape index (κ3) is 4.70. The normalized spacial score (nSPS) is 12.7. The number of benzene rings is 2. The van der Waals surface area contributed by atoms with Crippen molar-refractivity contribution in [2.75, 3.05) is 0 Å². The van der Waals surface area contributed by atoms with Gasteiger partial charge < -0.3 is 5.43 Å². The lowest BCUT2D eigenvalue weighted by Crippen LogP contribution is -2.20. The molecular formula is C21H24N2. The summed E-state index contributed by atoms with van der Waals surface area (Å²) in [5, 5.41) is 0. The van der Waals surface area contributed by atoms with Crippen LogP contribution in [0.25, 0.3) is 11.3 Å². The zero-order valence-electron chi connectivity index (χ0n) is 13.8. The van der Waals surface area contributed by atoms with Crippen LogP contribution in [0.1, 0.15) is 30.5 Å². The van der Waals surface area contributed by atoms with Crippen LogP contribution in [-0.2, 0) is 6.42 Å². The zero-order valence-corrected chi connectivity index (χ0v) is 13.8. The van der Waals surface area contributed by atoms with E-state index in [-0.39, 0.29) is 0 Å². The number of hydrogen-bond acceptors (Lipinski definition) is 2. The Labute approximate surface area is 139 Å². The van der Waals surface area contributed by atoms with Gasteiger partial charge in [-0.25, -0.2) is 0 Å². The smallest absolute Gasteiger partial charge is 0.0520 e. The molecule has 0 bridgehead atoms. The molecule has 2 nitrogen and oxygen atoms in total. The van der Waals surface area contributed by atoms with Gasteiger partial charge in [-0.1, -0.05) is 78.9 Å². The van der Waals surface area contributed by atoms with Gasteiger partial charge in [-0.05, 0) is 42.5 Å². The second kappa shape index (κ2) is 8.76. The molecular weight excluding hydrogens is 280 g/mol. The minimum atomic E-state index is 0.828. The molecule has 0 aliphatic carbocycles. The monoisotopic (exact) mass is 304 g/mol. The molecule has 2 heteroatoms. The summed E-state index contributed by atoms with van der Waals surface area (Å²) in [6.45, 7) is 4.10. The van der Waals surface area contributed by atoms with Crippen LogP contribution in [-0.4, -0.2) is 0 Å². The first kappa shape index (κ1) is 16.8. The van der Waals surface area contributed by atoms with Crippen molar-refractivity contribution in [1.29, 1.82) is 0 Å². The zero-order chi connectivity index (χ0) is 16.5. The molecule has 0 atom stereocenters. The molecule has 0 heterocycles. The molecule has 0 fully saturated rings. The lowest BCUT2D eigenvalue weighted by Gasteiger charge is -2.08. The van der Waals surface area contributed by atoms with Gasteiger partial charge in [0, 0.05) is 0 Å². The van der Waals surface area contributed by atoms with Gasteiger partial charge in [-0.2, -0.15) is 0 Å². The van der Waals surface area contributed by atoms with Crippen molar-refractivity contribution in [2.45, 2.75) is 20.3 Å². The Hall–Kier alpha value is -2.58. The number of hydrogen-bond donors (Lipinski definition) is 2.